The molecule has 2 rings (SSSR count). The molecular weight excluding hydrogens is 281 g/mol. The van der Waals surface area contributed by atoms with Crippen LogP contribution >= 0.6 is 27.3 Å². The van der Waals surface area contributed by atoms with E-state index in [1.165, 1.54) is 23.6 Å². The molecule has 2 aromatic rings. The van der Waals surface area contributed by atoms with Crippen molar-refractivity contribution in [1.29, 1.82) is 0 Å². The number of nitrogens with two attached hydrogens (primary N) is 1. The molecule has 0 spiro atoms. The Hall–Kier alpha value is -1.14. The number of thiazole rings is 1. The van der Waals surface area contributed by atoms with E-state index < -0.39 is 0 Å². The molecule has 0 saturated heterocycles. The highest BCUT2D eigenvalue weighted by Gasteiger charge is 2.05. The zero-order chi connectivity index (χ0) is 10.8. The Kier molecular flexibility index (Phi) is 2.88. The Bertz CT molecular complexity index is 486. The summed E-state index contributed by atoms with van der Waals surface area (Å²) < 4.78 is 14.1. The van der Waals surface area contributed by atoms with Crippen LogP contribution in [0.1, 0.15) is 0 Å². The summed E-state index contributed by atoms with van der Waals surface area (Å²) in [5.74, 6) is -0.327. The second-order valence-electron chi connectivity index (χ2n) is 2.82. The molecule has 0 fully saturated rings. The highest BCUT2D eigenvalue weighted by molar-refractivity contribution is 9.10. The number of benzene rings is 1. The maximum Gasteiger partial charge on any atom is 0.189 e. The molecule has 0 aliphatic heterocycles. The summed E-state index contributed by atoms with van der Waals surface area (Å²) in [6.07, 6.45) is 1.53. The fraction of sp³-hybridized carbons (Fsp3) is 0. The number of nitrogens with zero attached hydrogens (tertiary/aromatic N) is 1. The molecule has 3 nitrogen and oxygen atoms in total. The van der Waals surface area contributed by atoms with Crippen LogP contribution in [-0.2, 0) is 0 Å². The quantitative estimate of drug-likeness (QED) is 0.890. The number of anilines is 3. The van der Waals surface area contributed by atoms with Gasteiger partial charge in [-0.05, 0) is 18.2 Å². The van der Waals surface area contributed by atoms with Crippen LogP contribution in [0.2, 0.25) is 0 Å². The van der Waals surface area contributed by atoms with E-state index in [-0.39, 0.29) is 5.82 Å². The van der Waals surface area contributed by atoms with Crippen LogP contribution in [0.5, 0.6) is 0 Å². The van der Waals surface area contributed by atoms with E-state index in [0.717, 1.165) is 4.47 Å². The van der Waals surface area contributed by atoms with E-state index in [2.05, 4.69) is 26.2 Å². The fourth-order valence-corrected chi connectivity index (χ4v) is 2.01. The fourth-order valence-electron chi connectivity index (χ4n) is 1.05. The number of rotatable bonds is 2. The van der Waals surface area contributed by atoms with Crippen LogP contribution in [0.4, 0.5) is 20.2 Å². The van der Waals surface area contributed by atoms with Crippen LogP contribution < -0.4 is 11.1 Å². The molecule has 6 heteroatoms. The van der Waals surface area contributed by atoms with E-state index in [1.54, 1.807) is 12.1 Å². The van der Waals surface area contributed by atoms with Crippen LogP contribution in [0, 0.1) is 5.82 Å². The lowest BCUT2D eigenvalue weighted by Crippen LogP contribution is -1.92. The first-order valence-electron chi connectivity index (χ1n) is 4.08. The third-order valence-corrected chi connectivity index (χ3v) is 2.93. The van der Waals surface area contributed by atoms with Gasteiger partial charge in [-0.1, -0.05) is 27.3 Å². The Balaban J connectivity index is 2.27. The minimum atomic E-state index is -0.327. The molecule has 0 atom stereocenters. The Morgan fingerprint density at radius 3 is 2.93 bits per heavy atom. The van der Waals surface area contributed by atoms with Crippen molar-refractivity contribution in [2.75, 3.05) is 11.1 Å². The number of hydrogen-bond donors (Lipinski definition) is 2. The van der Waals surface area contributed by atoms with E-state index in [0.29, 0.717) is 15.8 Å². The first kappa shape index (κ1) is 10.4. The Morgan fingerprint density at radius 2 is 2.27 bits per heavy atom. The summed E-state index contributed by atoms with van der Waals surface area (Å²) in [4.78, 5) is 3.98. The van der Waals surface area contributed by atoms with Crippen LogP contribution in [0.25, 0.3) is 0 Å². The van der Waals surface area contributed by atoms with Gasteiger partial charge in [-0.3, -0.25) is 0 Å². The molecule has 0 bridgehead atoms. The van der Waals surface area contributed by atoms with Gasteiger partial charge in [0.25, 0.3) is 0 Å². The van der Waals surface area contributed by atoms with E-state index >= 15 is 0 Å². The summed E-state index contributed by atoms with van der Waals surface area (Å²) in [6, 6.07) is 4.66. The van der Waals surface area contributed by atoms with Crippen molar-refractivity contribution < 1.29 is 4.39 Å². The van der Waals surface area contributed by atoms with Gasteiger partial charge in [0.1, 0.15) is 10.8 Å². The van der Waals surface area contributed by atoms with Gasteiger partial charge in [-0.25, -0.2) is 9.37 Å². The summed E-state index contributed by atoms with van der Waals surface area (Å²) in [5, 5.41) is 4.02. The van der Waals surface area contributed by atoms with Gasteiger partial charge in [0.05, 0.1) is 11.9 Å². The van der Waals surface area contributed by atoms with Gasteiger partial charge in [-0.15, -0.1) is 0 Å². The van der Waals surface area contributed by atoms with Gasteiger partial charge in [0, 0.05) is 4.47 Å². The van der Waals surface area contributed by atoms with Crippen molar-refractivity contribution in [1.82, 2.24) is 4.98 Å². The summed E-state index contributed by atoms with van der Waals surface area (Å²) >= 11 is 4.54. The third kappa shape index (κ3) is 2.45. The molecule has 3 N–H and O–H groups in total. The minimum Gasteiger partial charge on any atom is -0.389 e. The molecule has 1 heterocycles. The maximum atomic E-state index is 13.3. The SMILES string of the molecule is Nc1cnc(Nc2cc(Br)ccc2F)s1. The number of nitrogens with one attached hydrogen (secondary N) is 1. The normalized spacial score (nSPS) is 10.3. The van der Waals surface area contributed by atoms with Crippen molar-refractivity contribution >= 4 is 43.1 Å². The highest BCUT2D eigenvalue weighted by Crippen LogP contribution is 2.27. The molecule has 15 heavy (non-hydrogen) atoms. The number of hydrogen-bond acceptors (Lipinski definition) is 4. The Morgan fingerprint density at radius 1 is 1.47 bits per heavy atom. The maximum absolute atomic E-state index is 13.3. The summed E-state index contributed by atoms with van der Waals surface area (Å²) in [6.45, 7) is 0. The number of aromatic nitrogens is 1. The van der Waals surface area contributed by atoms with Crippen LogP contribution in [-0.4, -0.2) is 4.98 Å². The molecule has 0 aliphatic carbocycles. The van der Waals surface area contributed by atoms with Crippen molar-refractivity contribution in [3.63, 3.8) is 0 Å². The number of halogens is 2. The predicted octanol–water partition coefficient (Wildman–Crippen LogP) is 3.37. The van der Waals surface area contributed by atoms with Crippen molar-refractivity contribution in [2.45, 2.75) is 0 Å². The monoisotopic (exact) mass is 287 g/mol. The average Bonchev–Trinajstić information content (AvgIpc) is 2.58. The first-order chi connectivity index (χ1) is 7.15. The largest absolute Gasteiger partial charge is 0.389 e. The molecule has 0 aliphatic rings. The van der Waals surface area contributed by atoms with Gasteiger partial charge in [-0.2, -0.15) is 0 Å². The zero-order valence-corrected chi connectivity index (χ0v) is 9.90. The standard InChI is InChI=1S/C9H7BrFN3S/c10-5-1-2-6(11)7(3-5)14-9-13-4-8(12)15-9/h1-4H,12H2,(H,13,14). The second-order valence-corrected chi connectivity index (χ2v) is 4.79. The summed E-state index contributed by atoms with van der Waals surface area (Å²) in [7, 11) is 0. The highest BCUT2D eigenvalue weighted by atomic mass is 79.9. The molecule has 0 amide bonds. The van der Waals surface area contributed by atoms with Crippen molar-refractivity contribution in [3.8, 4) is 0 Å². The molecule has 1 aromatic carbocycles. The molecule has 1 aromatic heterocycles. The minimum absolute atomic E-state index is 0.327. The third-order valence-electron chi connectivity index (χ3n) is 1.69. The molecular formula is C9H7BrFN3S. The van der Waals surface area contributed by atoms with Crippen LogP contribution in [0.3, 0.4) is 0 Å². The lowest BCUT2D eigenvalue weighted by atomic mass is 10.3. The van der Waals surface area contributed by atoms with Gasteiger partial charge < -0.3 is 11.1 Å². The lowest BCUT2D eigenvalue weighted by Gasteiger charge is -2.04. The van der Waals surface area contributed by atoms with Crippen molar-refractivity contribution in [3.05, 3.63) is 34.7 Å². The average molecular weight is 288 g/mol. The van der Waals surface area contributed by atoms with Gasteiger partial charge in [0.15, 0.2) is 5.13 Å². The lowest BCUT2D eigenvalue weighted by molar-refractivity contribution is 0.631. The van der Waals surface area contributed by atoms with E-state index in [9.17, 15) is 4.39 Å². The number of nitrogen functional groups attached to an aromatic ring is 1. The predicted molar refractivity (Wildman–Crippen MR) is 63.9 cm³/mol. The van der Waals surface area contributed by atoms with Crippen LogP contribution in [0.15, 0.2) is 28.9 Å². The molecule has 78 valence electrons. The molecule has 0 radical (unpaired) electrons. The van der Waals surface area contributed by atoms with Crippen molar-refractivity contribution in [2.24, 2.45) is 0 Å². The summed E-state index contributed by atoms with van der Waals surface area (Å²) in [5.41, 5.74) is 5.89. The van der Waals surface area contributed by atoms with Gasteiger partial charge in [0.2, 0.25) is 0 Å². The van der Waals surface area contributed by atoms with E-state index in [4.69, 9.17) is 5.73 Å². The first-order valence-corrected chi connectivity index (χ1v) is 5.69. The molecule has 0 unspecified atom stereocenters. The topological polar surface area (TPSA) is 50.9 Å². The second kappa shape index (κ2) is 4.16. The zero-order valence-electron chi connectivity index (χ0n) is 7.50. The Labute approximate surface area is 98.3 Å². The molecule has 0 saturated carbocycles. The van der Waals surface area contributed by atoms with E-state index in [1.807, 2.05) is 0 Å². The smallest absolute Gasteiger partial charge is 0.189 e. The van der Waals surface area contributed by atoms with Gasteiger partial charge >= 0.3 is 0 Å².